The number of carbonyl (C=O) groups is 1. The maximum atomic E-state index is 12.0. The summed E-state index contributed by atoms with van der Waals surface area (Å²) in [5.41, 5.74) is 1.14. The summed E-state index contributed by atoms with van der Waals surface area (Å²) in [6, 6.07) is 7.61. The maximum absolute atomic E-state index is 12.0. The van der Waals surface area contributed by atoms with Crippen molar-refractivity contribution in [3.63, 3.8) is 0 Å². The Morgan fingerprint density at radius 2 is 2.08 bits per heavy atom. The molecule has 0 amide bonds. The Morgan fingerprint density at radius 3 is 2.77 bits per heavy atom. The summed E-state index contributed by atoms with van der Waals surface area (Å²) in [7, 11) is 1.62. The van der Waals surface area contributed by atoms with Crippen LogP contribution in [-0.2, 0) is 16.9 Å². The first-order valence-electron chi connectivity index (χ1n) is 8.85. The van der Waals surface area contributed by atoms with Gasteiger partial charge in [-0.3, -0.25) is 10.00 Å². The van der Waals surface area contributed by atoms with Crippen molar-refractivity contribution >= 4 is 5.97 Å². The Balaban J connectivity index is 1.66. The van der Waals surface area contributed by atoms with Crippen LogP contribution in [0.4, 0.5) is 0 Å². The van der Waals surface area contributed by atoms with Gasteiger partial charge in [0.05, 0.1) is 25.5 Å². The average Bonchev–Trinajstić information content (AvgIpc) is 3.12. The highest BCUT2D eigenvalue weighted by molar-refractivity contribution is 5.88. The fourth-order valence-corrected chi connectivity index (χ4v) is 3.43. The van der Waals surface area contributed by atoms with Crippen molar-refractivity contribution in [2.24, 2.45) is 0 Å². The minimum Gasteiger partial charge on any atom is -0.496 e. The summed E-state index contributed by atoms with van der Waals surface area (Å²) in [6.45, 7) is 4.11. The number of nitrogens with one attached hydrogen (secondary N) is 1. The number of carbonyl (C=O) groups excluding carboxylic acids is 1. The molecule has 7 nitrogen and oxygen atoms in total. The molecule has 2 aromatic rings. The molecule has 1 fully saturated rings. The van der Waals surface area contributed by atoms with Crippen LogP contribution in [0, 0.1) is 0 Å². The third-order valence-electron chi connectivity index (χ3n) is 4.88. The zero-order chi connectivity index (χ0) is 18.6. The van der Waals surface area contributed by atoms with E-state index in [1.165, 1.54) is 0 Å². The summed E-state index contributed by atoms with van der Waals surface area (Å²) < 4.78 is 10.5. The molecule has 1 aromatic heterocycles. The van der Waals surface area contributed by atoms with E-state index in [2.05, 4.69) is 15.1 Å². The van der Waals surface area contributed by atoms with E-state index in [-0.39, 0.29) is 5.97 Å². The van der Waals surface area contributed by atoms with Gasteiger partial charge in [-0.2, -0.15) is 5.10 Å². The Labute approximate surface area is 152 Å². The summed E-state index contributed by atoms with van der Waals surface area (Å²) >= 11 is 0. The molecule has 1 aliphatic heterocycles. The third kappa shape index (κ3) is 3.73. The first kappa shape index (κ1) is 18.4. The first-order valence-corrected chi connectivity index (χ1v) is 8.85. The van der Waals surface area contributed by atoms with E-state index in [0.717, 1.165) is 11.1 Å². The van der Waals surface area contributed by atoms with Crippen molar-refractivity contribution in [2.45, 2.75) is 31.9 Å². The fraction of sp³-hybridized carbons (Fsp3) is 0.474. The highest BCUT2D eigenvalue weighted by Gasteiger charge is 2.36. The quantitative estimate of drug-likeness (QED) is 0.768. The number of aromatic nitrogens is 2. The monoisotopic (exact) mass is 359 g/mol. The normalized spacial score (nSPS) is 17.0. The van der Waals surface area contributed by atoms with Gasteiger partial charge in [0.15, 0.2) is 0 Å². The number of nitrogens with zero attached hydrogens (tertiary/aromatic N) is 2. The molecule has 2 N–H and O–H groups in total. The predicted octanol–water partition coefficient (Wildman–Crippen LogP) is 2.08. The van der Waals surface area contributed by atoms with Crippen LogP contribution >= 0.6 is 0 Å². The second kappa shape index (κ2) is 7.88. The van der Waals surface area contributed by atoms with Crippen LogP contribution in [0.15, 0.2) is 30.5 Å². The lowest BCUT2D eigenvalue weighted by molar-refractivity contribution is -0.0293. The number of likely N-dealkylation sites (tertiary alicyclic amines) is 1. The topological polar surface area (TPSA) is 87.7 Å². The van der Waals surface area contributed by atoms with Crippen molar-refractivity contribution in [1.82, 2.24) is 15.1 Å². The fourth-order valence-electron chi connectivity index (χ4n) is 3.43. The molecule has 1 saturated heterocycles. The van der Waals surface area contributed by atoms with Crippen molar-refractivity contribution in [1.29, 1.82) is 0 Å². The van der Waals surface area contributed by atoms with Gasteiger partial charge in [0, 0.05) is 30.8 Å². The van der Waals surface area contributed by atoms with Crippen LogP contribution in [0.2, 0.25) is 0 Å². The van der Waals surface area contributed by atoms with Crippen LogP contribution in [0.5, 0.6) is 5.75 Å². The first-order chi connectivity index (χ1) is 12.6. The second-order valence-corrected chi connectivity index (χ2v) is 6.50. The number of piperidine rings is 1. The molecule has 140 valence electrons. The molecule has 2 heterocycles. The summed E-state index contributed by atoms with van der Waals surface area (Å²) in [6.07, 6.45) is 2.85. The number of aliphatic hydroxyl groups is 1. The predicted molar refractivity (Wildman–Crippen MR) is 95.9 cm³/mol. The molecule has 3 rings (SSSR count). The van der Waals surface area contributed by atoms with E-state index in [9.17, 15) is 9.90 Å². The van der Waals surface area contributed by atoms with Gasteiger partial charge in [-0.05, 0) is 25.8 Å². The summed E-state index contributed by atoms with van der Waals surface area (Å²) in [4.78, 5) is 14.2. The number of esters is 1. The van der Waals surface area contributed by atoms with E-state index >= 15 is 0 Å². The van der Waals surface area contributed by atoms with Crippen molar-refractivity contribution in [2.75, 3.05) is 26.8 Å². The summed E-state index contributed by atoms with van der Waals surface area (Å²) in [5.74, 6) is 0.324. The minimum atomic E-state index is -0.899. The smallest absolute Gasteiger partial charge is 0.356 e. The van der Waals surface area contributed by atoms with Gasteiger partial charge in [-0.1, -0.05) is 18.2 Å². The van der Waals surface area contributed by atoms with Crippen LogP contribution < -0.4 is 4.74 Å². The molecule has 7 heteroatoms. The Bertz CT molecular complexity index is 751. The van der Waals surface area contributed by atoms with Gasteiger partial charge in [0.2, 0.25) is 0 Å². The molecule has 0 bridgehead atoms. The van der Waals surface area contributed by atoms with E-state index in [4.69, 9.17) is 9.47 Å². The van der Waals surface area contributed by atoms with Crippen LogP contribution in [-0.4, -0.2) is 53.0 Å². The van der Waals surface area contributed by atoms with Gasteiger partial charge in [0.1, 0.15) is 11.4 Å². The van der Waals surface area contributed by atoms with E-state index < -0.39 is 5.60 Å². The lowest BCUT2D eigenvalue weighted by Crippen LogP contribution is -2.42. The van der Waals surface area contributed by atoms with Crippen molar-refractivity contribution in [3.05, 3.63) is 47.3 Å². The SMILES string of the molecule is CCOC(=O)c1[nH]ncc1CN1CCC(O)(c2ccccc2OC)CC1. The second-order valence-electron chi connectivity index (χ2n) is 6.50. The van der Waals surface area contributed by atoms with Crippen LogP contribution in [0.1, 0.15) is 41.4 Å². The number of aromatic amines is 1. The number of methoxy groups -OCH3 is 1. The van der Waals surface area contributed by atoms with E-state index in [1.54, 1.807) is 20.2 Å². The van der Waals surface area contributed by atoms with E-state index in [0.29, 0.717) is 50.5 Å². The number of benzene rings is 1. The Kier molecular flexibility index (Phi) is 5.58. The number of hydrogen-bond donors (Lipinski definition) is 2. The lowest BCUT2D eigenvalue weighted by atomic mass is 9.84. The highest BCUT2D eigenvalue weighted by Crippen LogP contribution is 2.38. The van der Waals surface area contributed by atoms with Gasteiger partial charge in [-0.25, -0.2) is 4.79 Å². The molecular formula is C19H25N3O4. The van der Waals surface area contributed by atoms with Crippen LogP contribution in [0.3, 0.4) is 0 Å². The Morgan fingerprint density at radius 1 is 1.35 bits per heavy atom. The molecular weight excluding hydrogens is 334 g/mol. The number of H-pyrrole nitrogens is 1. The standard InChI is InChI=1S/C19H25N3O4/c1-3-26-18(23)17-14(12-20-21-17)13-22-10-8-19(24,9-11-22)15-6-4-5-7-16(15)25-2/h4-7,12,24H,3,8-11,13H2,1-2H3,(H,20,21). The van der Waals surface area contributed by atoms with Crippen molar-refractivity contribution in [3.8, 4) is 5.75 Å². The average molecular weight is 359 g/mol. The van der Waals surface area contributed by atoms with Gasteiger partial charge in [-0.15, -0.1) is 0 Å². The molecule has 0 spiro atoms. The summed E-state index contributed by atoms with van der Waals surface area (Å²) in [5, 5.41) is 17.8. The molecule has 1 aromatic carbocycles. The minimum absolute atomic E-state index is 0.326. The Hall–Kier alpha value is -2.38. The molecule has 0 aliphatic carbocycles. The number of para-hydroxylation sites is 1. The van der Waals surface area contributed by atoms with E-state index in [1.807, 2.05) is 24.3 Å². The van der Waals surface area contributed by atoms with Gasteiger partial charge >= 0.3 is 5.97 Å². The van der Waals surface area contributed by atoms with Crippen LogP contribution in [0.25, 0.3) is 0 Å². The molecule has 0 atom stereocenters. The third-order valence-corrected chi connectivity index (χ3v) is 4.88. The van der Waals surface area contributed by atoms with Crippen molar-refractivity contribution < 1.29 is 19.4 Å². The molecule has 0 radical (unpaired) electrons. The zero-order valence-electron chi connectivity index (χ0n) is 15.2. The lowest BCUT2D eigenvalue weighted by Gasteiger charge is -2.39. The molecule has 0 unspecified atom stereocenters. The largest absolute Gasteiger partial charge is 0.496 e. The maximum Gasteiger partial charge on any atom is 0.356 e. The molecule has 26 heavy (non-hydrogen) atoms. The van der Waals surface area contributed by atoms with Gasteiger partial charge in [0.25, 0.3) is 0 Å². The highest BCUT2D eigenvalue weighted by atomic mass is 16.5. The molecule has 1 aliphatic rings. The molecule has 0 saturated carbocycles. The number of rotatable bonds is 6. The zero-order valence-corrected chi connectivity index (χ0v) is 15.2. The number of ether oxygens (including phenoxy) is 2. The number of hydrogen-bond acceptors (Lipinski definition) is 6. The van der Waals surface area contributed by atoms with Gasteiger partial charge < -0.3 is 14.6 Å².